The summed E-state index contributed by atoms with van der Waals surface area (Å²) in [6.45, 7) is 9.70. The lowest BCUT2D eigenvalue weighted by atomic mass is 9.45. The average molecular weight is 445 g/mol. The Labute approximate surface area is 187 Å². The molecule has 0 saturated heterocycles. The van der Waals surface area contributed by atoms with E-state index in [1.165, 1.54) is 6.07 Å². The molecule has 2 heterocycles. The fraction of sp³-hybridized carbons (Fsp3) is 0.640. The Morgan fingerprint density at radius 1 is 1.09 bits per heavy atom. The zero-order chi connectivity index (χ0) is 23.4. The quantitative estimate of drug-likeness (QED) is 0.359. The number of benzene rings is 1. The number of esters is 1. The average Bonchev–Trinajstić information content (AvgIpc) is 2.70. The highest BCUT2D eigenvalue weighted by Gasteiger charge is 2.64. The first kappa shape index (κ1) is 21.7. The molecule has 7 nitrogen and oxygen atoms in total. The predicted molar refractivity (Wildman–Crippen MR) is 115 cm³/mol. The molecule has 1 fully saturated rings. The van der Waals surface area contributed by atoms with Gasteiger partial charge in [0.1, 0.15) is 34.9 Å². The van der Waals surface area contributed by atoms with Gasteiger partial charge in [-0.2, -0.15) is 0 Å². The minimum atomic E-state index is -1.09. The van der Waals surface area contributed by atoms with Crippen LogP contribution in [0, 0.1) is 22.7 Å². The van der Waals surface area contributed by atoms with E-state index in [0.717, 1.165) is 0 Å². The van der Waals surface area contributed by atoms with Gasteiger partial charge in [-0.3, -0.25) is 0 Å². The van der Waals surface area contributed by atoms with Crippen molar-refractivity contribution in [1.29, 1.82) is 0 Å². The molecule has 0 bridgehead atoms. The van der Waals surface area contributed by atoms with Gasteiger partial charge in [-0.1, -0.05) is 32.9 Å². The third-order valence-corrected chi connectivity index (χ3v) is 9.00. The lowest BCUT2D eigenvalue weighted by molar-refractivity contribution is -0.199. The molecule has 5 rings (SSSR count). The van der Waals surface area contributed by atoms with Crippen molar-refractivity contribution in [1.82, 2.24) is 0 Å². The minimum Gasteiger partial charge on any atom is -0.507 e. The summed E-state index contributed by atoms with van der Waals surface area (Å²) in [7, 11) is 0. The Morgan fingerprint density at radius 3 is 2.47 bits per heavy atom. The molecule has 0 spiro atoms. The molecule has 1 saturated carbocycles. The summed E-state index contributed by atoms with van der Waals surface area (Å²) in [4.78, 5) is 12.5. The Bertz CT molecular complexity index is 1030. The van der Waals surface area contributed by atoms with Crippen LogP contribution in [0.15, 0.2) is 18.2 Å². The number of phenols is 1. The first-order chi connectivity index (χ1) is 14.8. The van der Waals surface area contributed by atoms with Gasteiger partial charge in [0, 0.05) is 23.1 Å². The molecule has 0 aromatic heterocycles. The van der Waals surface area contributed by atoms with Crippen LogP contribution in [-0.4, -0.2) is 50.3 Å². The van der Waals surface area contributed by atoms with Crippen molar-refractivity contribution in [3.05, 3.63) is 34.9 Å². The van der Waals surface area contributed by atoms with Gasteiger partial charge in [0.15, 0.2) is 0 Å². The number of cyclic esters (lactones) is 1. The largest absolute Gasteiger partial charge is 0.507 e. The number of hydrogen-bond acceptors (Lipinski definition) is 7. The summed E-state index contributed by atoms with van der Waals surface area (Å²) in [6.07, 6.45) is 1.57. The molecule has 174 valence electrons. The van der Waals surface area contributed by atoms with Gasteiger partial charge in [0.05, 0.1) is 12.2 Å². The fourth-order valence-electron chi connectivity index (χ4n) is 6.97. The number of fused-ring (bicyclic) bond motifs is 6. The number of phenolic OH excluding ortho intramolecular Hbond substituents is 1. The normalized spacial score (nSPS) is 43.8. The number of allylic oxidation sites excluding steroid dienone is 1. The Morgan fingerprint density at radius 2 is 1.78 bits per heavy atom. The van der Waals surface area contributed by atoms with Gasteiger partial charge in [-0.15, -0.1) is 0 Å². The van der Waals surface area contributed by atoms with Crippen LogP contribution in [0.4, 0.5) is 0 Å². The monoisotopic (exact) mass is 444 g/mol. The lowest BCUT2D eigenvalue weighted by Gasteiger charge is -2.63. The summed E-state index contributed by atoms with van der Waals surface area (Å²) in [6, 6.07) is 1.39. The Kier molecular flexibility index (Phi) is 4.41. The van der Waals surface area contributed by atoms with Crippen LogP contribution in [0.5, 0.6) is 11.5 Å². The number of carbonyl (C=O) groups excluding carboxylic acids is 1. The van der Waals surface area contributed by atoms with Gasteiger partial charge in [0.25, 0.3) is 0 Å². The van der Waals surface area contributed by atoms with Crippen LogP contribution in [0.2, 0.25) is 0 Å². The van der Waals surface area contributed by atoms with Crippen molar-refractivity contribution in [2.75, 3.05) is 0 Å². The zero-order valence-corrected chi connectivity index (χ0v) is 19.1. The highest BCUT2D eigenvalue weighted by Crippen LogP contribution is 2.63. The van der Waals surface area contributed by atoms with E-state index in [9.17, 15) is 25.2 Å². The molecule has 1 aromatic rings. The van der Waals surface area contributed by atoms with Crippen LogP contribution in [0.1, 0.15) is 68.6 Å². The van der Waals surface area contributed by atoms with Crippen molar-refractivity contribution < 1.29 is 34.7 Å². The lowest BCUT2D eigenvalue weighted by Crippen LogP contribution is -2.67. The molecular weight excluding hydrogens is 412 g/mol. The van der Waals surface area contributed by atoms with Gasteiger partial charge < -0.3 is 29.9 Å². The molecule has 2 aliphatic heterocycles. The maximum absolute atomic E-state index is 12.5. The molecule has 0 amide bonds. The summed E-state index contributed by atoms with van der Waals surface area (Å²) >= 11 is 0. The highest BCUT2D eigenvalue weighted by atomic mass is 16.6. The Balaban J connectivity index is 1.71. The third kappa shape index (κ3) is 2.56. The molecule has 4 aliphatic rings. The SMILES string of the molecule is C[C@H]1OC(=O)c2c(O)cc3c(c2[C@H]1O)C[C@H]1[C@@]2(C)C=C[C@H](O)C(C)(C)[C@@H]2C[C@H](O)[C@]1(C)O3. The number of carbonyl (C=O) groups is 1. The number of aliphatic hydroxyl groups excluding tert-OH is 3. The highest BCUT2D eigenvalue weighted by molar-refractivity contribution is 5.96. The third-order valence-electron chi connectivity index (χ3n) is 9.00. The maximum atomic E-state index is 12.5. The molecule has 8 atom stereocenters. The van der Waals surface area contributed by atoms with E-state index in [1.807, 2.05) is 26.8 Å². The van der Waals surface area contributed by atoms with E-state index in [4.69, 9.17) is 9.47 Å². The van der Waals surface area contributed by atoms with Crippen LogP contribution in [-0.2, 0) is 11.2 Å². The van der Waals surface area contributed by atoms with Crippen LogP contribution in [0.25, 0.3) is 0 Å². The van der Waals surface area contributed by atoms with Crippen molar-refractivity contribution in [3.63, 3.8) is 0 Å². The number of hydrogen-bond donors (Lipinski definition) is 4. The van der Waals surface area contributed by atoms with Crippen LogP contribution >= 0.6 is 0 Å². The smallest absolute Gasteiger partial charge is 0.342 e. The number of aromatic hydroxyl groups is 1. The molecular formula is C25H32O7. The zero-order valence-electron chi connectivity index (χ0n) is 19.1. The van der Waals surface area contributed by atoms with Gasteiger partial charge in [-0.05, 0) is 43.4 Å². The molecule has 2 aliphatic carbocycles. The van der Waals surface area contributed by atoms with Gasteiger partial charge in [0.2, 0.25) is 0 Å². The number of aliphatic hydroxyl groups is 3. The second-order valence-electron chi connectivity index (χ2n) is 11.1. The van der Waals surface area contributed by atoms with E-state index in [1.54, 1.807) is 6.92 Å². The van der Waals surface area contributed by atoms with Gasteiger partial charge in [-0.25, -0.2) is 4.79 Å². The predicted octanol–water partition coefficient (Wildman–Crippen LogP) is 2.64. The number of rotatable bonds is 0. The molecule has 4 N–H and O–H groups in total. The Hall–Kier alpha value is -2.09. The summed E-state index contributed by atoms with van der Waals surface area (Å²) in [5.41, 5.74) is -0.779. The second-order valence-corrected chi connectivity index (χ2v) is 11.1. The van der Waals surface area contributed by atoms with Crippen LogP contribution < -0.4 is 4.74 Å². The molecule has 7 heteroatoms. The molecule has 0 unspecified atom stereocenters. The van der Waals surface area contributed by atoms with Gasteiger partial charge >= 0.3 is 5.97 Å². The fourth-order valence-corrected chi connectivity index (χ4v) is 6.97. The summed E-state index contributed by atoms with van der Waals surface area (Å²) in [5, 5.41) is 43.4. The van der Waals surface area contributed by atoms with Crippen molar-refractivity contribution in [2.45, 2.75) is 77.5 Å². The van der Waals surface area contributed by atoms with Crippen molar-refractivity contribution in [3.8, 4) is 11.5 Å². The van der Waals surface area contributed by atoms with E-state index >= 15 is 0 Å². The molecule has 1 aromatic carbocycles. The first-order valence-corrected chi connectivity index (χ1v) is 11.3. The van der Waals surface area contributed by atoms with E-state index in [2.05, 4.69) is 13.0 Å². The van der Waals surface area contributed by atoms with E-state index < -0.39 is 46.8 Å². The first-order valence-electron chi connectivity index (χ1n) is 11.3. The standard InChI is InChI=1S/C25H32O7/c1-11-21(29)19-12-8-16-24(4)7-6-17(27)23(2,3)15(24)10-18(28)25(16,5)32-14(12)9-13(26)20(19)22(30)31-11/h6-7,9,11,15-18,21,26-29H,8,10H2,1-5H3/t11-,15+,16+,17+,18+,21+,24+,25-/m1/s1. The maximum Gasteiger partial charge on any atom is 0.342 e. The minimum absolute atomic E-state index is 0.00465. The molecule has 32 heavy (non-hydrogen) atoms. The van der Waals surface area contributed by atoms with Crippen molar-refractivity contribution in [2.24, 2.45) is 22.7 Å². The van der Waals surface area contributed by atoms with Crippen molar-refractivity contribution >= 4 is 5.97 Å². The van der Waals surface area contributed by atoms with Crippen LogP contribution in [0.3, 0.4) is 0 Å². The second kappa shape index (κ2) is 6.49. The van der Waals surface area contributed by atoms with E-state index in [-0.39, 0.29) is 23.1 Å². The number of ether oxygens (including phenoxy) is 2. The summed E-state index contributed by atoms with van der Waals surface area (Å²) < 4.78 is 11.7. The summed E-state index contributed by atoms with van der Waals surface area (Å²) in [5.74, 6) is -0.779. The molecule has 0 radical (unpaired) electrons. The topological polar surface area (TPSA) is 116 Å². The van der Waals surface area contributed by atoms with E-state index in [0.29, 0.717) is 29.7 Å².